The minimum Gasteiger partial charge on any atom is -0.447 e. The number of nitrogens with one attached hydrogen (secondary N) is 2. The van der Waals surface area contributed by atoms with E-state index in [9.17, 15) is 8.42 Å². The third kappa shape index (κ3) is 5.32. The summed E-state index contributed by atoms with van der Waals surface area (Å²) in [7, 11) is -3.53. The second-order valence-electron chi connectivity index (χ2n) is 6.41. The summed E-state index contributed by atoms with van der Waals surface area (Å²) in [6, 6.07) is 3.23. The molecule has 0 bridgehead atoms. The summed E-state index contributed by atoms with van der Waals surface area (Å²) in [4.78, 5) is 0. The van der Waals surface area contributed by atoms with E-state index in [0.717, 1.165) is 17.9 Å². The highest BCUT2D eigenvalue weighted by Crippen LogP contribution is 2.23. The molecule has 0 radical (unpaired) electrons. The number of hydrogen-bond acceptors (Lipinski definition) is 5. The fourth-order valence-electron chi connectivity index (χ4n) is 1.99. The molecule has 0 aliphatic carbocycles. The first kappa shape index (κ1) is 16.9. The molecule has 1 saturated heterocycles. The Bertz CT molecular complexity index is 555. The zero-order chi connectivity index (χ0) is 15.5. The van der Waals surface area contributed by atoms with Gasteiger partial charge in [-0.15, -0.1) is 0 Å². The van der Waals surface area contributed by atoms with Crippen molar-refractivity contribution in [3.63, 3.8) is 0 Å². The van der Waals surface area contributed by atoms with Crippen LogP contribution in [0.2, 0.25) is 0 Å². The molecule has 0 saturated carbocycles. The molecule has 21 heavy (non-hydrogen) atoms. The van der Waals surface area contributed by atoms with Gasteiger partial charge in [-0.2, -0.15) is 11.8 Å². The number of furan rings is 1. The molecule has 0 amide bonds. The highest BCUT2D eigenvalue weighted by molar-refractivity contribution is 7.99. The molecule has 2 N–H and O–H groups in total. The fourth-order valence-corrected chi connectivity index (χ4v) is 4.34. The average Bonchev–Trinajstić information content (AvgIpc) is 3.05. The van der Waals surface area contributed by atoms with Crippen LogP contribution in [0.25, 0.3) is 0 Å². The van der Waals surface area contributed by atoms with E-state index in [2.05, 4.69) is 30.8 Å². The van der Waals surface area contributed by atoms with Gasteiger partial charge in [0.1, 0.15) is 5.76 Å². The summed E-state index contributed by atoms with van der Waals surface area (Å²) in [5.41, 5.74) is -0.0375. The SMILES string of the molecule is CC(C)(C)NCc1ccc(S(=O)(=O)NCC2CCSC2)o1. The maximum absolute atomic E-state index is 12.2. The van der Waals surface area contributed by atoms with Crippen LogP contribution in [0, 0.1) is 5.92 Å². The smallest absolute Gasteiger partial charge is 0.273 e. The van der Waals surface area contributed by atoms with Crippen LogP contribution in [0.5, 0.6) is 0 Å². The van der Waals surface area contributed by atoms with E-state index in [1.807, 2.05) is 11.8 Å². The van der Waals surface area contributed by atoms with Crippen molar-refractivity contribution < 1.29 is 12.8 Å². The Kier molecular flexibility index (Phi) is 5.40. The second kappa shape index (κ2) is 6.73. The van der Waals surface area contributed by atoms with Crippen molar-refractivity contribution in [2.75, 3.05) is 18.1 Å². The Morgan fingerprint density at radius 1 is 1.38 bits per heavy atom. The highest BCUT2D eigenvalue weighted by Gasteiger charge is 2.22. The predicted molar refractivity (Wildman–Crippen MR) is 85.9 cm³/mol. The van der Waals surface area contributed by atoms with Crippen LogP contribution in [0.1, 0.15) is 33.0 Å². The Hall–Kier alpha value is -0.500. The molecule has 2 rings (SSSR count). The van der Waals surface area contributed by atoms with E-state index in [-0.39, 0.29) is 10.6 Å². The molecule has 1 aliphatic heterocycles. The number of sulfonamides is 1. The lowest BCUT2D eigenvalue weighted by atomic mass is 10.1. The maximum Gasteiger partial charge on any atom is 0.273 e. The van der Waals surface area contributed by atoms with Crippen LogP contribution in [0.4, 0.5) is 0 Å². The molecule has 120 valence electrons. The minimum absolute atomic E-state index is 0.00106. The van der Waals surface area contributed by atoms with Crippen LogP contribution < -0.4 is 10.0 Å². The van der Waals surface area contributed by atoms with Gasteiger partial charge in [-0.05, 0) is 56.7 Å². The normalized spacial score (nSPS) is 20.0. The van der Waals surface area contributed by atoms with Crippen LogP contribution in [0.3, 0.4) is 0 Å². The van der Waals surface area contributed by atoms with E-state index in [1.165, 1.54) is 6.07 Å². The Morgan fingerprint density at radius 2 is 2.14 bits per heavy atom. The molecule has 1 aromatic rings. The first-order chi connectivity index (χ1) is 9.76. The molecule has 0 spiro atoms. The lowest BCUT2D eigenvalue weighted by Crippen LogP contribution is -2.34. The van der Waals surface area contributed by atoms with E-state index < -0.39 is 10.0 Å². The minimum atomic E-state index is -3.53. The second-order valence-corrected chi connectivity index (χ2v) is 9.25. The lowest BCUT2D eigenvalue weighted by Gasteiger charge is -2.19. The first-order valence-electron chi connectivity index (χ1n) is 7.17. The third-order valence-electron chi connectivity index (χ3n) is 3.28. The summed E-state index contributed by atoms with van der Waals surface area (Å²) in [5, 5.41) is 3.27. The molecule has 1 fully saturated rings. The quantitative estimate of drug-likeness (QED) is 0.835. The van der Waals surface area contributed by atoms with Gasteiger partial charge in [0.25, 0.3) is 10.0 Å². The summed E-state index contributed by atoms with van der Waals surface area (Å²) in [5.74, 6) is 3.21. The van der Waals surface area contributed by atoms with Crippen molar-refractivity contribution >= 4 is 21.8 Å². The van der Waals surface area contributed by atoms with Gasteiger partial charge in [-0.25, -0.2) is 13.1 Å². The topological polar surface area (TPSA) is 71.3 Å². The van der Waals surface area contributed by atoms with Gasteiger partial charge < -0.3 is 9.73 Å². The van der Waals surface area contributed by atoms with Crippen LogP contribution in [0.15, 0.2) is 21.6 Å². The molecular weight excluding hydrogens is 308 g/mol. The van der Waals surface area contributed by atoms with Crippen LogP contribution in [-0.2, 0) is 16.6 Å². The van der Waals surface area contributed by atoms with Gasteiger partial charge in [-0.3, -0.25) is 0 Å². The molecule has 7 heteroatoms. The third-order valence-corrected chi connectivity index (χ3v) is 5.81. The van der Waals surface area contributed by atoms with E-state index in [1.54, 1.807) is 6.07 Å². The Balaban J connectivity index is 1.92. The predicted octanol–water partition coefficient (Wildman–Crippen LogP) is 2.20. The monoisotopic (exact) mass is 332 g/mol. The van der Waals surface area contributed by atoms with Crippen molar-refractivity contribution in [3.8, 4) is 0 Å². The summed E-state index contributed by atoms with van der Waals surface area (Å²) < 4.78 is 32.4. The maximum atomic E-state index is 12.2. The van der Waals surface area contributed by atoms with Crippen LogP contribution >= 0.6 is 11.8 Å². The first-order valence-corrected chi connectivity index (χ1v) is 9.81. The van der Waals surface area contributed by atoms with Gasteiger partial charge in [0.15, 0.2) is 0 Å². The highest BCUT2D eigenvalue weighted by atomic mass is 32.2. The number of hydrogen-bond donors (Lipinski definition) is 2. The van der Waals surface area contributed by atoms with E-state index >= 15 is 0 Å². The van der Waals surface area contributed by atoms with Gasteiger partial charge in [0.05, 0.1) is 6.54 Å². The van der Waals surface area contributed by atoms with Gasteiger partial charge >= 0.3 is 0 Å². The lowest BCUT2D eigenvalue weighted by molar-refractivity contribution is 0.359. The summed E-state index contributed by atoms with van der Waals surface area (Å²) >= 11 is 1.88. The molecule has 5 nitrogen and oxygen atoms in total. The summed E-state index contributed by atoms with van der Waals surface area (Å²) in [6.45, 7) is 7.15. The molecule has 2 heterocycles. The number of thioether (sulfide) groups is 1. The molecule has 1 unspecified atom stereocenters. The van der Waals surface area contributed by atoms with E-state index in [0.29, 0.717) is 24.8 Å². The van der Waals surface area contributed by atoms with E-state index in [4.69, 9.17) is 4.42 Å². The standard InChI is InChI=1S/C14H24N2O3S2/c1-14(2,3)15-9-12-4-5-13(19-12)21(17,18)16-8-11-6-7-20-10-11/h4-5,11,15-16H,6-10H2,1-3H3. The fraction of sp³-hybridized carbons (Fsp3) is 0.714. The van der Waals surface area contributed by atoms with Gasteiger partial charge in [-0.1, -0.05) is 0 Å². The van der Waals surface area contributed by atoms with Crippen molar-refractivity contribution in [3.05, 3.63) is 17.9 Å². The number of rotatable bonds is 6. The van der Waals surface area contributed by atoms with Crippen molar-refractivity contribution in [2.45, 2.75) is 44.4 Å². The van der Waals surface area contributed by atoms with Gasteiger partial charge in [0.2, 0.25) is 5.09 Å². The van der Waals surface area contributed by atoms with Crippen molar-refractivity contribution in [1.29, 1.82) is 0 Å². The molecule has 0 aromatic carbocycles. The Labute approximate surface area is 131 Å². The largest absolute Gasteiger partial charge is 0.447 e. The molecule has 1 atom stereocenters. The molecule has 1 aliphatic rings. The van der Waals surface area contributed by atoms with Crippen LogP contribution in [-0.4, -0.2) is 32.0 Å². The molecule has 1 aromatic heterocycles. The van der Waals surface area contributed by atoms with Crippen molar-refractivity contribution in [2.24, 2.45) is 5.92 Å². The zero-order valence-electron chi connectivity index (χ0n) is 12.8. The van der Waals surface area contributed by atoms with Crippen molar-refractivity contribution in [1.82, 2.24) is 10.0 Å². The molecular formula is C14H24N2O3S2. The Morgan fingerprint density at radius 3 is 2.76 bits per heavy atom. The zero-order valence-corrected chi connectivity index (χ0v) is 14.4. The average molecular weight is 332 g/mol. The summed E-state index contributed by atoms with van der Waals surface area (Å²) in [6.07, 6.45) is 1.08. The van der Waals surface area contributed by atoms with Gasteiger partial charge in [0, 0.05) is 12.1 Å².